The molecule has 3 nitrogen and oxygen atoms in total. The lowest BCUT2D eigenvalue weighted by atomic mass is 9.33. The Kier molecular flexibility index (Phi) is 12.5. The van der Waals surface area contributed by atoms with Crippen molar-refractivity contribution >= 4 is 132 Å². The normalized spacial score (nSPS) is 18.6. The van der Waals surface area contributed by atoms with Crippen LogP contribution in [0.1, 0.15) is 177 Å². The SMILES string of the molecule is CC(C)(C)c1ccc(N2c3cc(C(C)(C)C)cc4c3B(c3ccc(N5c6ccc(C(C)(C)C)cc6C6(C)CCCCC56C)cc3N4c3cccc4c3sc3ccc(C(C)(C)C)cc34)c3ccc4c(sc5ccc(C(C)(C)C)cc54)c32)c(-c2ccccc2)c1. The average molecular weight is 1190 g/mol. The minimum atomic E-state index is -0.204. The summed E-state index contributed by atoms with van der Waals surface area (Å²) in [6.45, 7) is 40.6. The van der Waals surface area contributed by atoms with Crippen LogP contribution in [0.15, 0.2) is 164 Å². The molecule has 2 atom stereocenters. The van der Waals surface area contributed by atoms with Crippen molar-refractivity contribution in [2.24, 2.45) is 0 Å². The molecule has 9 aromatic carbocycles. The molecule has 0 N–H and O–H groups in total. The van der Waals surface area contributed by atoms with E-state index in [9.17, 15) is 0 Å². The average Bonchev–Trinajstić information content (AvgIpc) is 1.11. The molecular formula is C82H86BN3S2. The molecule has 5 heterocycles. The van der Waals surface area contributed by atoms with Crippen LogP contribution in [0.4, 0.5) is 45.5 Å². The first-order valence-corrected chi connectivity index (χ1v) is 34.2. The van der Waals surface area contributed by atoms with Crippen molar-refractivity contribution in [2.45, 2.75) is 181 Å². The number of hydrogen-bond acceptors (Lipinski definition) is 5. The quantitative estimate of drug-likeness (QED) is 0.163. The van der Waals surface area contributed by atoms with Crippen molar-refractivity contribution in [3.63, 3.8) is 0 Å². The topological polar surface area (TPSA) is 9.72 Å². The van der Waals surface area contributed by atoms with Crippen LogP contribution < -0.4 is 31.1 Å². The van der Waals surface area contributed by atoms with Gasteiger partial charge in [-0.3, -0.25) is 0 Å². The van der Waals surface area contributed by atoms with E-state index in [4.69, 9.17) is 0 Å². The maximum atomic E-state index is 2.82. The van der Waals surface area contributed by atoms with E-state index in [1.807, 2.05) is 22.7 Å². The summed E-state index contributed by atoms with van der Waals surface area (Å²) in [6.07, 6.45) is 4.79. The summed E-state index contributed by atoms with van der Waals surface area (Å²) in [7, 11) is 0. The van der Waals surface area contributed by atoms with E-state index in [-0.39, 0.29) is 44.7 Å². The maximum absolute atomic E-state index is 2.82. The van der Waals surface area contributed by atoms with Crippen molar-refractivity contribution in [3.05, 3.63) is 197 Å². The second kappa shape index (κ2) is 19.2. The van der Waals surface area contributed by atoms with Crippen LogP contribution in [0.2, 0.25) is 0 Å². The summed E-state index contributed by atoms with van der Waals surface area (Å²) >= 11 is 3.93. The number of thiophene rings is 2. The molecule has 0 saturated heterocycles. The van der Waals surface area contributed by atoms with Crippen molar-refractivity contribution in [2.75, 3.05) is 14.7 Å². The molecule has 1 fully saturated rings. The molecule has 0 bridgehead atoms. The zero-order valence-corrected chi connectivity index (χ0v) is 56.8. The maximum Gasteiger partial charge on any atom is 0.252 e. The summed E-state index contributed by atoms with van der Waals surface area (Å²) < 4.78 is 5.31. The second-order valence-corrected chi connectivity index (χ2v) is 34.3. The molecular weight excluding hydrogens is 1100 g/mol. The molecule has 88 heavy (non-hydrogen) atoms. The monoisotopic (exact) mass is 1190 g/mol. The van der Waals surface area contributed by atoms with Gasteiger partial charge in [0, 0.05) is 70.4 Å². The Labute approximate surface area is 532 Å². The first-order chi connectivity index (χ1) is 41.5. The molecule has 6 heteroatoms. The van der Waals surface area contributed by atoms with Crippen molar-refractivity contribution in [1.82, 2.24) is 0 Å². The molecule has 0 amide bonds. The van der Waals surface area contributed by atoms with Gasteiger partial charge in [0.2, 0.25) is 0 Å². The zero-order chi connectivity index (χ0) is 61.7. The van der Waals surface area contributed by atoms with Gasteiger partial charge in [-0.05, 0) is 175 Å². The van der Waals surface area contributed by atoms with E-state index in [1.54, 1.807) is 0 Å². The Morgan fingerprint density at radius 3 is 1.58 bits per heavy atom. The Hall–Kier alpha value is -7.12. The number of anilines is 8. The third-order valence-electron chi connectivity index (χ3n) is 21.4. The molecule has 1 aliphatic carbocycles. The Morgan fingerprint density at radius 1 is 0.398 bits per heavy atom. The molecule has 0 spiro atoms. The molecule has 3 aliphatic heterocycles. The van der Waals surface area contributed by atoms with Gasteiger partial charge in [0.25, 0.3) is 6.71 Å². The van der Waals surface area contributed by atoms with Crippen LogP contribution in [0.5, 0.6) is 0 Å². The molecule has 1 saturated carbocycles. The van der Waals surface area contributed by atoms with Crippen LogP contribution in [0.3, 0.4) is 0 Å². The standard InChI is InChI=1S/C82H86BN3S2/c1-76(2,3)50-28-36-64(58(42-50)49-24-19-18-20-25-49)85-69-47-54(80(13,14)15)46-68-72(69)83(63-35-33-57-60-44-52(78(7,8)9)31-39-71(60)88-75(57)73(63)85)62-34-32-55(86-65-37-29-53(79(10,11)12)45-61(65)81(16)40-21-22-41-82(81,86)17)48-67(62)84(68)66-27-23-26-56-59-43-51(77(4,5)6)30-38-70(59)87-74(56)66/h18-20,23-39,42-48H,21-22,40-41H2,1-17H3. The van der Waals surface area contributed by atoms with Crippen molar-refractivity contribution in [1.29, 1.82) is 0 Å². The van der Waals surface area contributed by atoms with Gasteiger partial charge < -0.3 is 14.7 Å². The third kappa shape index (κ3) is 8.53. The molecule has 4 aliphatic rings. The number of fused-ring (bicyclic) bond motifs is 14. The summed E-state index contributed by atoms with van der Waals surface area (Å²) in [4.78, 5) is 8.33. The second-order valence-electron chi connectivity index (χ2n) is 32.2. The van der Waals surface area contributed by atoms with Crippen LogP contribution in [-0.2, 0) is 32.5 Å². The highest BCUT2D eigenvalue weighted by Gasteiger charge is 2.58. The summed E-state index contributed by atoms with van der Waals surface area (Å²) in [5.74, 6) is 0. The minimum Gasteiger partial charge on any atom is -0.334 e. The van der Waals surface area contributed by atoms with Crippen LogP contribution in [0.25, 0.3) is 51.5 Å². The van der Waals surface area contributed by atoms with Gasteiger partial charge in [0.05, 0.1) is 32.0 Å². The molecule has 15 rings (SSSR count). The van der Waals surface area contributed by atoms with Gasteiger partial charge in [-0.15, -0.1) is 22.7 Å². The van der Waals surface area contributed by atoms with Gasteiger partial charge in [-0.1, -0.05) is 215 Å². The fraction of sp³-hybridized carbons (Fsp3) is 0.341. The fourth-order valence-electron chi connectivity index (χ4n) is 15.9. The van der Waals surface area contributed by atoms with E-state index in [0.717, 1.165) is 6.42 Å². The summed E-state index contributed by atoms with van der Waals surface area (Å²) in [6, 6.07) is 65.8. The molecule has 444 valence electrons. The first kappa shape index (κ1) is 57.3. The number of benzene rings is 9. The highest BCUT2D eigenvalue weighted by atomic mass is 32.1. The van der Waals surface area contributed by atoms with Crippen LogP contribution in [-0.4, -0.2) is 12.3 Å². The number of rotatable bonds is 4. The summed E-state index contributed by atoms with van der Waals surface area (Å²) in [5.41, 5.74) is 24.6. The highest BCUT2D eigenvalue weighted by molar-refractivity contribution is 7.27. The Bertz CT molecular complexity index is 4720. The van der Waals surface area contributed by atoms with E-state index < -0.39 is 0 Å². The lowest BCUT2D eigenvalue weighted by Gasteiger charge is -2.51. The first-order valence-electron chi connectivity index (χ1n) is 32.6. The lowest BCUT2D eigenvalue weighted by molar-refractivity contribution is 0.195. The highest BCUT2D eigenvalue weighted by Crippen LogP contribution is 2.62. The Balaban J connectivity index is 1.08. The van der Waals surface area contributed by atoms with Gasteiger partial charge in [-0.25, -0.2) is 0 Å². The molecule has 0 radical (unpaired) electrons. The van der Waals surface area contributed by atoms with Gasteiger partial charge >= 0.3 is 0 Å². The lowest BCUT2D eigenvalue weighted by Crippen LogP contribution is -2.61. The fourth-order valence-corrected chi connectivity index (χ4v) is 18.3. The summed E-state index contributed by atoms with van der Waals surface area (Å²) in [5, 5.41) is 5.32. The van der Waals surface area contributed by atoms with Gasteiger partial charge in [0.15, 0.2) is 0 Å². The van der Waals surface area contributed by atoms with Gasteiger partial charge in [0.1, 0.15) is 0 Å². The van der Waals surface area contributed by atoms with Crippen molar-refractivity contribution in [3.8, 4) is 11.1 Å². The molecule has 2 aromatic heterocycles. The number of hydrogen-bond donors (Lipinski definition) is 0. The predicted octanol–water partition coefficient (Wildman–Crippen LogP) is 22.4. The predicted molar refractivity (Wildman–Crippen MR) is 388 cm³/mol. The van der Waals surface area contributed by atoms with Crippen LogP contribution in [0, 0.1) is 0 Å². The number of nitrogens with zero attached hydrogens (tertiary/aromatic N) is 3. The smallest absolute Gasteiger partial charge is 0.252 e. The Morgan fingerprint density at radius 2 is 0.943 bits per heavy atom. The van der Waals surface area contributed by atoms with Gasteiger partial charge in [-0.2, -0.15) is 0 Å². The van der Waals surface area contributed by atoms with E-state index >= 15 is 0 Å². The third-order valence-corrected chi connectivity index (χ3v) is 23.8. The van der Waals surface area contributed by atoms with E-state index in [0.29, 0.717) is 0 Å². The van der Waals surface area contributed by atoms with Crippen molar-refractivity contribution < 1.29 is 0 Å². The van der Waals surface area contributed by atoms with Crippen LogP contribution >= 0.6 is 22.7 Å². The molecule has 11 aromatic rings. The zero-order valence-electron chi connectivity index (χ0n) is 55.2. The van der Waals surface area contributed by atoms with E-state index in [2.05, 4.69) is 296 Å². The largest absolute Gasteiger partial charge is 0.334 e. The molecule has 2 unspecified atom stereocenters. The minimum absolute atomic E-state index is 0.00634. The van der Waals surface area contributed by atoms with E-state index in [1.165, 1.54) is 166 Å².